The molecule has 10 heteroatoms. The number of esters is 2. The average Bonchev–Trinajstić information content (AvgIpc) is 3.11. The second-order valence-electron chi connectivity index (χ2n) is 11.0. The summed E-state index contributed by atoms with van der Waals surface area (Å²) in [7, 11) is 0. The third-order valence-electron chi connectivity index (χ3n) is 7.37. The van der Waals surface area contributed by atoms with E-state index in [1.807, 2.05) is 79.7 Å². The topological polar surface area (TPSA) is 115 Å². The van der Waals surface area contributed by atoms with Crippen molar-refractivity contribution >= 4 is 40.4 Å². The second-order valence-corrected chi connectivity index (χ2v) is 11.0. The number of ether oxygens (including phenoxy) is 3. The molecule has 0 atom stereocenters. The minimum Gasteiger partial charge on any atom is -0.494 e. The molecule has 0 spiro atoms. The number of unbranched alkanes of at least 4 members (excludes halogenated alkanes) is 6. The lowest BCUT2D eigenvalue weighted by Crippen LogP contribution is -2.27. The van der Waals surface area contributed by atoms with Crippen molar-refractivity contribution in [3.63, 3.8) is 0 Å². The van der Waals surface area contributed by atoms with Gasteiger partial charge in [0.1, 0.15) is 12.4 Å². The van der Waals surface area contributed by atoms with Gasteiger partial charge in [-0.05, 0) is 92.6 Å². The highest BCUT2D eigenvalue weighted by molar-refractivity contribution is 5.69. The van der Waals surface area contributed by atoms with Gasteiger partial charge in [-0.25, -0.2) is 0 Å². The van der Waals surface area contributed by atoms with Gasteiger partial charge in [0, 0.05) is 25.1 Å². The molecule has 0 aliphatic carbocycles. The zero-order valence-electron chi connectivity index (χ0n) is 28.1. The smallest absolute Gasteiger partial charge is 0.305 e. The number of nitrogens with zero attached hydrogens (tertiary/aromatic N) is 5. The summed E-state index contributed by atoms with van der Waals surface area (Å²) in [4.78, 5) is 24.6. The summed E-state index contributed by atoms with van der Waals surface area (Å²) in [5.41, 5.74) is 3.97. The van der Waals surface area contributed by atoms with Gasteiger partial charge in [-0.2, -0.15) is 20.5 Å². The summed E-state index contributed by atoms with van der Waals surface area (Å²) in [6.45, 7) is 8.72. The molecule has 0 heterocycles. The fourth-order valence-electron chi connectivity index (χ4n) is 4.56. The molecular formula is C37H49N5O5. The van der Waals surface area contributed by atoms with Gasteiger partial charge in [-0.15, -0.1) is 0 Å². The number of hydrogen-bond acceptors (Lipinski definition) is 10. The Bertz CT molecular complexity index is 1380. The summed E-state index contributed by atoms with van der Waals surface area (Å²) < 4.78 is 16.2. The van der Waals surface area contributed by atoms with Gasteiger partial charge >= 0.3 is 11.9 Å². The predicted octanol–water partition coefficient (Wildman–Crippen LogP) is 10.4. The Labute approximate surface area is 279 Å². The summed E-state index contributed by atoms with van der Waals surface area (Å²) in [6.07, 6.45) is 8.61. The van der Waals surface area contributed by atoms with Crippen LogP contribution in [0.4, 0.5) is 28.4 Å². The molecule has 0 saturated heterocycles. The van der Waals surface area contributed by atoms with Crippen molar-refractivity contribution in [3.05, 3.63) is 72.8 Å². The van der Waals surface area contributed by atoms with E-state index in [1.54, 1.807) is 6.92 Å². The van der Waals surface area contributed by atoms with Gasteiger partial charge in [0.2, 0.25) is 0 Å². The number of carbonyl (C=O) groups is 2. The Balaban J connectivity index is 1.33. The van der Waals surface area contributed by atoms with Crippen LogP contribution in [-0.4, -0.2) is 44.8 Å². The molecule has 0 aromatic heterocycles. The second kappa shape index (κ2) is 22.0. The molecule has 0 unspecified atom stereocenters. The minimum absolute atomic E-state index is 0.114. The number of carbonyl (C=O) groups excluding carboxylic acids is 2. The quantitative estimate of drug-likeness (QED) is 0.0611. The van der Waals surface area contributed by atoms with Crippen molar-refractivity contribution in [2.45, 2.75) is 78.6 Å². The largest absolute Gasteiger partial charge is 0.494 e. The Morgan fingerprint density at radius 3 is 1.40 bits per heavy atom. The van der Waals surface area contributed by atoms with E-state index in [-0.39, 0.29) is 11.9 Å². The zero-order valence-corrected chi connectivity index (χ0v) is 28.1. The van der Waals surface area contributed by atoms with Crippen LogP contribution in [0.2, 0.25) is 0 Å². The van der Waals surface area contributed by atoms with Crippen LogP contribution in [0.15, 0.2) is 93.3 Å². The highest BCUT2D eigenvalue weighted by Crippen LogP contribution is 2.26. The first-order valence-corrected chi connectivity index (χ1v) is 16.8. The number of benzene rings is 3. The number of rotatable bonds is 22. The molecule has 0 aliphatic heterocycles. The van der Waals surface area contributed by atoms with Crippen LogP contribution >= 0.6 is 0 Å². The lowest BCUT2D eigenvalue weighted by atomic mass is 10.1. The van der Waals surface area contributed by atoms with Gasteiger partial charge in [-0.1, -0.05) is 46.0 Å². The van der Waals surface area contributed by atoms with Crippen LogP contribution in [-0.2, 0) is 19.1 Å². The van der Waals surface area contributed by atoms with Crippen molar-refractivity contribution in [1.29, 1.82) is 0 Å². The number of azo groups is 2. The van der Waals surface area contributed by atoms with E-state index in [0.717, 1.165) is 60.7 Å². The first-order valence-electron chi connectivity index (χ1n) is 16.8. The first-order chi connectivity index (χ1) is 23.0. The number of hydrogen-bond donors (Lipinski definition) is 0. The van der Waals surface area contributed by atoms with Gasteiger partial charge in [0.15, 0.2) is 0 Å². The van der Waals surface area contributed by atoms with Crippen LogP contribution in [0.25, 0.3) is 0 Å². The van der Waals surface area contributed by atoms with E-state index in [4.69, 9.17) is 14.2 Å². The van der Waals surface area contributed by atoms with Crippen molar-refractivity contribution < 1.29 is 23.8 Å². The monoisotopic (exact) mass is 643 g/mol. The van der Waals surface area contributed by atoms with Crippen molar-refractivity contribution in [1.82, 2.24) is 0 Å². The van der Waals surface area contributed by atoms with E-state index in [9.17, 15) is 9.59 Å². The van der Waals surface area contributed by atoms with E-state index < -0.39 is 0 Å². The van der Waals surface area contributed by atoms with Crippen molar-refractivity contribution in [3.8, 4) is 5.75 Å². The number of likely N-dealkylation sites (N-methyl/N-ethyl adjacent to an activating group) is 1. The molecule has 3 aromatic carbocycles. The maximum Gasteiger partial charge on any atom is 0.305 e. The Morgan fingerprint density at radius 2 is 0.936 bits per heavy atom. The Hall–Kier alpha value is -4.60. The predicted molar refractivity (Wildman–Crippen MR) is 186 cm³/mol. The Kier molecular flexibility index (Phi) is 17.3. The lowest BCUT2D eigenvalue weighted by molar-refractivity contribution is -0.144. The highest BCUT2D eigenvalue weighted by atomic mass is 16.5. The standard InChI is InChI=1S/C37H49N5O5/c1-4-36(43)46-28-13-11-9-7-8-10-12-27-45-35-24-20-33(21-25-35)41-39-31-16-14-30(15-17-31)38-40-32-18-22-34(23-19-32)42(6-3)26-29-47-37(44)5-2/h14-25H,4-13,26-29H2,1-3H3/b40-38+,41-39+. The normalized spacial score (nSPS) is 11.2. The minimum atomic E-state index is -0.184. The molecule has 0 aliphatic rings. The van der Waals surface area contributed by atoms with E-state index in [0.29, 0.717) is 44.9 Å². The fourth-order valence-corrected chi connectivity index (χ4v) is 4.56. The molecule has 10 nitrogen and oxygen atoms in total. The van der Waals surface area contributed by atoms with Crippen LogP contribution in [0.5, 0.6) is 5.75 Å². The van der Waals surface area contributed by atoms with Crippen molar-refractivity contribution in [2.24, 2.45) is 20.5 Å². The highest BCUT2D eigenvalue weighted by Gasteiger charge is 2.06. The third-order valence-corrected chi connectivity index (χ3v) is 7.37. The van der Waals surface area contributed by atoms with Gasteiger partial charge in [0.05, 0.1) is 42.5 Å². The lowest BCUT2D eigenvalue weighted by Gasteiger charge is -2.22. The average molecular weight is 644 g/mol. The van der Waals surface area contributed by atoms with Crippen LogP contribution in [0.1, 0.15) is 78.6 Å². The molecule has 0 radical (unpaired) electrons. The van der Waals surface area contributed by atoms with Gasteiger partial charge in [-0.3, -0.25) is 9.59 Å². The molecule has 252 valence electrons. The summed E-state index contributed by atoms with van der Waals surface area (Å²) in [5.74, 6) is 0.529. The summed E-state index contributed by atoms with van der Waals surface area (Å²) in [5, 5.41) is 17.4. The third kappa shape index (κ3) is 15.0. The van der Waals surface area contributed by atoms with E-state index in [1.165, 1.54) is 19.3 Å². The molecule has 3 rings (SSSR count). The Morgan fingerprint density at radius 1 is 0.532 bits per heavy atom. The van der Waals surface area contributed by atoms with Crippen LogP contribution in [0.3, 0.4) is 0 Å². The molecular weight excluding hydrogens is 594 g/mol. The zero-order chi connectivity index (χ0) is 33.5. The summed E-state index contributed by atoms with van der Waals surface area (Å²) in [6, 6.07) is 22.9. The van der Waals surface area contributed by atoms with Crippen LogP contribution < -0.4 is 9.64 Å². The molecule has 0 bridgehead atoms. The first kappa shape index (κ1) is 36.9. The van der Waals surface area contributed by atoms with Gasteiger partial charge < -0.3 is 19.1 Å². The number of anilines is 1. The molecule has 0 amide bonds. The maximum absolute atomic E-state index is 11.4. The van der Waals surface area contributed by atoms with Crippen molar-refractivity contribution in [2.75, 3.05) is 37.8 Å². The van der Waals surface area contributed by atoms with Gasteiger partial charge in [0.25, 0.3) is 0 Å². The molecule has 0 N–H and O–H groups in total. The van der Waals surface area contributed by atoms with E-state index in [2.05, 4.69) is 32.3 Å². The molecule has 3 aromatic rings. The summed E-state index contributed by atoms with van der Waals surface area (Å²) >= 11 is 0. The van der Waals surface area contributed by atoms with Crippen LogP contribution in [0, 0.1) is 0 Å². The van der Waals surface area contributed by atoms with E-state index >= 15 is 0 Å². The molecule has 47 heavy (non-hydrogen) atoms. The molecule has 0 saturated carbocycles. The molecule has 0 fully saturated rings. The SMILES string of the molecule is CCC(=O)OCCCCCCCCCOc1ccc(/N=N/c2ccc(/N=N/c3ccc(N(CC)CCOC(=O)CC)cc3)cc2)cc1. The fraction of sp³-hybridized carbons (Fsp3) is 0.459. The maximum atomic E-state index is 11.4.